The van der Waals surface area contributed by atoms with Crippen LogP contribution in [0.5, 0.6) is 0 Å². The summed E-state index contributed by atoms with van der Waals surface area (Å²) >= 11 is 0. The lowest BCUT2D eigenvalue weighted by atomic mass is 9.56. The molecule has 1 aliphatic carbocycles. The number of rotatable bonds is 5. The SMILES string of the molecule is COC1(C)CC(NS(=O)(=O)C(C)C(=O)N(C)C)C1(C)C. The number of hydrogen-bond donors (Lipinski definition) is 1. The Hall–Kier alpha value is -0.660. The van der Waals surface area contributed by atoms with Crippen LogP contribution in [0.2, 0.25) is 0 Å². The van der Waals surface area contributed by atoms with Crippen LogP contribution in [0.4, 0.5) is 0 Å². The molecule has 6 nitrogen and oxygen atoms in total. The molecular weight excluding hydrogens is 280 g/mol. The number of carbonyl (C=O) groups is 1. The van der Waals surface area contributed by atoms with E-state index in [4.69, 9.17) is 4.74 Å². The Balaban J connectivity index is 2.83. The van der Waals surface area contributed by atoms with Gasteiger partial charge in [0.25, 0.3) is 0 Å². The van der Waals surface area contributed by atoms with Gasteiger partial charge in [0.15, 0.2) is 5.25 Å². The summed E-state index contributed by atoms with van der Waals surface area (Å²) in [5.41, 5.74) is -0.676. The maximum Gasteiger partial charge on any atom is 0.241 e. The van der Waals surface area contributed by atoms with Crippen molar-refractivity contribution in [2.24, 2.45) is 5.41 Å². The van der Waals surface area contributed by atoms with E-state index >= 15 is 0 Å². The van der Waals surface area contributed by atoms with Gasteiger partial charge in [0.1, 0.15) is 0 Å². The minimum Gasteiger partial charge on any atom is -0.378 e. The van der Waals surface area contributed by atoms with Crippen LogP contribution in [0.3, 0.4) is 0 Å². The number of sulfonamides is 1. The fraction of sp³-hybridized carbons (Fsp3) is 0.923. The van der Waals surface area contributed by atoms with Gasteiger partial charge in [-0.1, -0.05) is 13.8 Å². The molecule has 0 saturated heterocycles. The van der Waals surface area contributed by atoms with Gasteiger partial charge >= 0.3 is 0 Å². The maximum absolute atomic E-state index is 12.3. The number of amides is 1. The van der Waals surface area contributed by atoms with Crippen LogP contribution in [0.25, 0.3) is 0 Å². The average Bonchev–Trinajstić information content (AvgIpc) is 2.35. The normalized spacial score (nSPS) is 30.4. The topological polar surface area (TPSA) is 75.7 Å². The highest BCUT2D eigenvalue weighted by Crippen LogP contribution is 2.51. The van der Waals surface area contributed by atoms with Crippen LogP contribution in [-0.2, 0) is 19.6 Å². The molecule has 0 radical (unpaired) electrons. The van der Waals surface area contributed by atoms with Gasteiger partial charge in [-0.3, -0.25) is 4.79 Å². The van der Waals surface area contributed by atoms with Gasteiger partial charge in [-0.2, -0.15) is 0 Å². The van der Waals surface area contributed by atoms with E-state index in [1.54, 1.807) is 21.2 Å². The van der Waals surface area contributed by atoms with Crippen LogP contribution in [0.15, 0.2) is 0 Å². The molecule has 0 aromatic heterocycles. The first-order chi connectivity index (χ1) is 8.89. The Labute approximate surface area is 121 Å². The molecule has 118 valence electrons. The number of ether oxygens (including phenoxy) is 1. The molecule has 3 unspecified atom stereocenters. The van der Waals surface area contributed by atoms with Gasteiger partial charge in [0.05, 0.1) is 5.60 Å². The van der Waals surface area contributed by atoms with E-state index in [1.807, 2.05) is 20.8 Å². The molecule has 0 bridgehead atoms. The summed E-state index contributed by atoms with van der Waals surface area (Å²) in [4.78, 5) is 13.1. The summed E-state index contributed by atoms with van der Waals surface area (Å²) in [5.74, 6) is -0.427. The number of nitrogens with one attached hydrogen (secondary N) is 1. The number of methoxy groups -OCH3 is 1. The first-order valence-corrected chi connectivity index (χ1v) is 8.21. The van der Waals surface area contributed by atoms with Crippen molar-refractivity contribution in [3.63, 3.8) is 0 Å². The van der Waals surface area contributed by atoms with E-state index in [1.165, 1.54) is 11.8 Å². The molecule has 0 aromatic carbocycles. The highest BCUT2D eigenvalue weighted by atomic mass is 32.2. The number of hydrogen-bond acceptors (Lipinski definition) is 4. The maximum atomic E-state index is 12.3. The van der Waals surface area contributed by atoms with Crippen molar-refractivity contribution in [3.8, 4) is 0 Å². The van der Waals surface area contributed by atoms with Gasteiger partial charge in [-0.15, -0.1) is 0 Å². The van der Waals surface area contributed by atoms with Gasteiger partial charge in [-0.25, -0.2) is 13.1 Å². The molecule has 1 fully saturated rings. The molecule has 0 heterocycles. The summed E-state index contributed by atoms with van der Waals surface area (Å²) in [6, 6.07) is -0.227. The smallest absolute Gasteiger partial charge is 0.241 e. The van der Waals surface area contributed by atoms with E-state index < -0.39 is 21.2 Å². The predicted octanol–water partition coefficient (Wildman–Crippen LogP) is 0.586. The minimum absolute atomic E-state index is 0.227. The fourth-order valence-corrected chi connectivity index (χ4v) is 3.93. The average molecular weight is 306 g/mol. The van der Waals surface area contributed by atoms with E-state index in [2.05, 4.69) is 4.72 Å². The Bertz CT molecular complexity index is 487. The zero-order valence-corrected chi connectivity index (χ0v) is 14.2. The van der Waals surface area contributed by atoms with Gasteiger partial charge in [0, 0.05) is 32.7 Å². The molecule has 0 aliphatic heterocycles. The third-order valence-corrected chi connectivity index (χ3v) is 6.58. The van der Waals surface area contributed by atoms with E-state index in [9.17, 15) is 13.2 Å². The van der Waals surface area contributed by atoms with Crippen molar-refractivity contribution in [2.45, 2.75) is 51.0 Å². The summed E-state index contributed by atoms with van der Waals surface area (Å²) in [6.45, 7) is 7.30. The molecule has 1 rings (SSSR count). The van der Waals surface area contributed by atoms with Crippen LogP contribution in [0.1, 0.15) is 34.1 Å². The Kier molecular flexibility index (Phi) is 4.58. The highest BCUT2D eigenvalue weighted by molar-refractivity contribution is 7.90. The molecule has 0 spiro atoms. The summed E-state index contributed by atoms with van der Waals surface area (Å²) < 4.78 is 32.7. The summed E-state index contributed by atoms with van der Waals surface area (Å²) in [7, 11) is 1.03. The molecule has 1 amide bonds. The molecule has 3 atom stereocenters. The summed E-state index contributed by atoms with van der Waals surface area (Å²) in [5, 5.41) is -1.09. The zero-order valence-electron chi connectivity index (χ0n) is 13.4. The largest absolute Gasteiger partial charge is 0.378 e. The number of nitrogens with zero attached hydrogens (tertiary/aromatic N) is 1. The Morgan fingerprint density at radius 3 is 2.20 bits per heavy atom. The predicted molar refractivity (Wildman–Crippen MR) is 77.8 cm³/mol. The lowest BCUT2D eigenvalue weighted by Crippen LogP contribution is -2.69. The van der Waals surface area contributed by atoms with E-state index in [0.717, 1.165) is 0 Å². The fourth-order valence-electron chi connectivity index (χ4n) is 2.48. The third kappa shape index (κ3) is 2.71. The molecule has 0 aromatic rings. The lowest BCUT2D eigenvalue weighted by molar-refractivity contribution is -0.175. The van der Waals surface area contributed by atoms with Gasteiger partial charge in [-0.05, 0) is 20.3 Å². The molecule has 1 aliphatic rings. The second kappa shape index (κ2) is 5.27. The van der Waals surface area contributed by atoms with Crippen LogP contribution >= 0.6 is 0 Å². The molecule has 20 heavy (non-hydrogen) atoms. The molecule has 1 N–H and O–H groups in total. The highest BCUT2D eigenvalue weighted by Gasteiger charge is 2.59. The molecule has 1 saturated carbocycles. The molecular formula is C13H26N2O4S. The van der Waals surface area contributed by atoms with Crippen LogP contribution in [-0.4, -0.2) is 57.3 Å². The van der Waals surface area contributed by atoms with Crippen molar-refractivity contribution in [1.29, 1.82) is 0 Å². The Morgan fingerprint density at radius 2 is 1.85 bits per heavy atom. The van der Waals surface area contributed by atoms with Crippen LogP contribution in [0, 0.1) is 5.41 Å². The standard InChI is InChI=1S/C13H26N2O4S/c1-9(11(16)15(5)6)20(17,18)14-10-8-13(4,19-7)12(10,2)3/h9-10,14H,8H2,1-7H3. The Morgan fingerprint density at radius 1 is 1.35 bits per heavy atom. The minimum atomic E-state index is -3.69. The van der Waals surface area contributed by atoms with Crippen molar-refractivity contribution in [1.82, 2.24) is 9.62 Å². The van der Waals surface area contributed by atoms with Crippen LogP contribution < -0.4 is 4.72 Å². The lowest BCUT2D eigenvalue weighted by Gasteiger charge is -2.59. The first kappa shape index (κ1) is 17.4. The van der Waals surface area contributed by atoms with Crippen molar-refractivity contribution in [3.05, 3.63) is 0 Å². The van der Waals surface area contributed by atoms with Crippen molar-refractivity contribution < 1.29 is 17.9 Å². The van der Waals surface area contributed by atoms with E-state index in [0.29, 0.717) is 6.42 Å². The van der Waals surface area contributed by atoms with Crippen molar-refractivity contribution >= 4 is 15.9 Å². The van der Waals surface area contributed by atoms with Crippen molar-refractivity contribution in [2.75, 3.05) is 21.2 Å². The van der Waals surface area contributed by atoms with Gasteiger partial charge in [0.2, 0.25) is 15.9 Å². The quantitative estimate of drug-likeness (QED) is 0.806. The monoisotopic (exact) mass is 306 g/mol. The third-order valence-electron chi connectivity index (χ3n) is 4.84. The molecule has 7 heteroatoms. The number of carbonyl (C=O) groups excluding carboxylic acids is 1. The van der Waals surface area contributed by atoms with E-state index in [-0.39, 0.29) is 17.1 Å². The van der Waals surface area contributed by atoms with Gasteiger partial charge < -0.3 is 9.64 Å². The summed E-state index contributed by atoms with van der Waals surface area (Å²) in [6.07, 6.45) is 0.596. The second-order valence-electron chi connectivity index (χ2n) is 6.45. The zero-order chi connectivity index (χ0) is 15.9. The second-order valence-corrected chi connectivity index (χ2v) is 8.48. The first-order valence-electron chi connectivity index (χ1n) is 6.66.